The van der Waals surface area contributed by atoms with Crippen molar-refractivity contribution in [2.24, 2.45) is 0 Å². The predicted octanol–water partition coefficient (Wildman–Crippen LogP) is 4.10. The molecule has 1 atom stereocenters. The first kappa shape index (κ1) is 16.8. The zero-order chi connectivity index (χ0) is 17.8. The van der Waals surface area contributed by atoms with Crippen LogP contribution < -0.4 is 10.1 Å². The zero-order valence-electron chi connectivity index (χ0n) is 14.4. The molecule has 0 radical (unpaired) electrons. The van der Waals surface area contributed by atoms with E-state index in [4.69, 9.17) is 4.74 Å². The minimum atomic E-state index is -0.000149. The highest BCUT2D eigenvalue weighted by atomic mass is 32.1. The fraction of sp³-hybridized carbons (Fsp3) is 0.300. The van der Waals surface area contributed by atoms with Crippen molar-refractivity contribution in [1.82, 2.24) is 15.5 Å². The first-order chi connectivity index (χ1) is 12.8. The third-order valence-corrected chi connectivity index (χ3v) is 5.56. The van der Waals surface area contributed by atoms with Crippen LogP contribution in [0.15, 0.2) is 48.1 Å². The number of hydrogen-bond donors (Lipinski definition) is 2. The second-order valence-corrected chi connectivity index (χ2v) is 7.46. The van der Waals surface area contributed by atoms with Gasteiger partial charge in [0.2, 0.25) is 5.91 Å². The van der Waals surface area contributed by atoms with Crippen LogP contribution in [-0.4, -0.2) is 22.7 Å². The normalized spacial score (nSPS) is 15.9. The second-order valence-electron chi connectivity index (χ2n) is 6.43. The number of nitrogens with one attached hydrogen (secondary N) is 2. The number of benzene rings is 1. The molecule has 2 N–H and O–H groups in total. The van der Waals surface area contributed by atoms with Crippen LogP contribution in [0.4, 0.5) is 0 Å². The number of carbonyl (C=O) groups is 1. The van der Waals surface area contributed by atoms with Crippen molar-refractivity contribution in [3.05, 3.63) is 58.5 Å². The molecule has 1 aliphatic heterocycles. The van der Waals surface area contributed by atoms with Gasteiger partial charge in [0.15, 0.2) is 0 Å². The summed E-state index contributed by atoms with van der Waals surface area (Å²) in [6.07, 6.45) is 6.83. The molecule has 5 nitrogen and oxygen atoms in total. The molecular weight excluding hydrogens is 346 g/mol. The van der Waals surface area contributed by atoms with E-state index in [0.717, 1.165) is 41.7 Å². The lowest BCUT2D eigenvalue weighted by Crippen LogP contribution is -2.32. The maximum Gasteiger partial charge on any atom is 0.220 e. The number of amides is 1. The van der Waals surface area contributed by atoms with Crippen molar-refractivity contribution in [3.8, 4) is 16.9 Å². The van der Waals surface area contributed by atoms with Gasteiger partial charge in [-0.05, 0) is 42.0 Å². The Balaban J connectivity index is 1.41. The monoisotopic (exact) mass is 367 g/mol. The van der Waals surface area contributed by atoms with Crippen LogP contribution in [0.3, 0.4) is 0 Å². The summed E-state index contributed by atoms with van der Waals surface area (Å²) in [6.45, 7) is 0.623. The number of aryl methyl sites for hydroxylation is 1. The maximum absolute atomic E-state index is 12.4. The largest absolute Gasteiger partial charge is 0.493 e. The average Bonchev–Trinajstić information content (AvgIpc) is 3.36. The van der Waals surface area contributed by atoms with E-state index >= 15 is 0 Å². The van der Waals surface area contributed by atoms with Crippen molar-refractivity contribution in [3.63, 3.8) is 0 Å². The number of rotatable bonds is 6. The Labute approximate surface area is 156 Å². The Bertz CT molecular complexity index is 859. The molecular formula is C20H21N3O2S. The lowest BCUT2D eigenvalue weighted by molar-refractivity contribution is -0.122. The molecule has 6 heteroatoms. The van der Waals surface area contributed by atoms with Gasteiger partial charge in [0.1, 0.15) is 5.75 Å². The third kappa shape index (κ3) is 3.80. The second kappa shape index (κ2) is 7.74. The van der Waals surface area contributed by atoms with E-state index in [9.17, 15) is 4.79 Å². The van der Waals surface area contributed by atoms with E-state index in [1.165, 1.54) is 4.88 Å². The number of ether oxygens (including phenoxy) is 1. The summed E-state index contributed by atoms with van der Waals surface area (Å²) in [6, 6.07) is 10.3. The number of nitrogens with zero attached hydrogens (tertiary/aromatic N) is 1. The predicted molar refractivity (Wildman–Crippen MR) is 102 cm³/mol. The minimum absolute atomic E-state index is 0.000149. The summed E-state index contributed by atoms with van der Waals surface area (Å²) < 4.78 is 5.76. The first-order valence-electron chi connectivity index (χ1n) is 8.87. The van der Waals surface area contributed by atoms with E-state index in [-0.39, 0.29) is 11.9 Å². The Hall–Kier alpha value is -2.60. The fourth-order valence-corrected chi connectivity index (χ4v) is 4.03. The number of fused-ring (bicyclic) bond motifs is 1. The van der Waals surface area contributed by atoms with Gasteiger partial charge < -0.3 is 10.1 Å². The number of aromatic nitrogens is 2. The molecule has 3 heterocycles. The van der Waals surface area contributed by atoms with E-state index < -0.39 is 0 Å². The van der Waals surface area contributed by atoms with Gasteiger partial charge in [-0.1, -0.05) is 12.1 Å². The Kier molecular flexibility index (Phi) is 5.02. The van der Waals surface area contributed by atoms with Crippen LogP contribution in [0.2, 0.25) is 0 Å². The lowest BCUT2D eigenvalue weighted by Gasteiger charge is -2.27. The summed E-state index contributed by atoms with van der Waals surface area (Å²) in [5.41, 5.74) is 3.14. The number of H-pyrrole nitrogens is 1. The van der Waals surface area contributed by atoms with Crippen molar-refractivity contribution in [2.45, 2.75) is 31.7 Å². The molecule has 1 aromatic carbocycles. The summed E-state index contributed by atoms with van der Waals surface area (Å²) in [7, 11) is 0. The van der Waals surface area contributed by atoms with Crippen LogP contribution in [0.25, 0.3) is 11.1 Å². The van der Waals surface area contributed by atoms with Gasteiger partial charge in [0, 0.05) is 35.0 Å². The zero-order valence-corrected chi connectivity index (χ0v) is 15.2. The maximum atomic E-state index is 12.4. The molecule has 1 amide bonds. The van der Waals surface area contributed by atoms with Crippen molar-refractivity contribution in [1.29, 1.82) is 0 Å². The molecule has 0 fully saturated rings. The van der Waals surface area contributed by atoms with Crippen LogP contribution in [0.1, 0.15) is 35.7 Å². The van der Waals surface area contributed by atoms with E-state index in [1.54, 1.807) is 17.5 Å². The molecule has 0 saturated heterocycles. The number of aromatic amines is 1. The molecule has 0 spiro atoms. The summed E-state index contributed by atoms with van der Waals surface area (Å²) in [5, 5.41) is 12.1. The van der Waals surface area contributed by atoms with Crippen molar-refractivity contribution >= 4 is 17.2 Å². The van der Waals surface area contributed by atoms with Gasteiger partial charge in [-0.2, -0.15) is 5.10 Å². The number of thiophene rings is 1. The highest BCUT2D eigenvalue weighted by Gasteiger charge is 2.23. The highest BCUT2D eigenvalue weighted by molar-refractivity contribution is 7.09. The van der Waals surface area contributed by atoms with Gasteiger partial charge in [0.05, 0.1) is 18.8 Å². The highest BCUT2D eigenvalue weighted by Crippen LogP contribution is 2.35. The van der Waals surface area contributed by atoms with E-state index in [2.05, 4.69) is 39.1 Å². The van der Waals surface area contributed by atoms with Crippen molar-refractivity contribution < 1.29 is 9.53 Å². The number of carbonyl (C=O) groups excluding carboxylic acids is 1. The van der Waals surface area contributed by atoms with E-state index in [0.29, 0.717) is 13.0 Å². The number of hydrogen-bond acceptors (Lipinski definition) is 4. The standard InChI is InChI=1S/C20H21N3O2S/c24-20(5-1-3-16-4-2-10-26-16)23-18-8-9-25-19-7-6-14(11-17(18)19)15-12-21-22-13-15/h2,4,6-7,10-13,18H,1,3,5,8-9H2,(H,21,22)(H,23,24). The Morgan fingerprint density at radius 3 is 3.12 bits per heavy atom. The molecule has 26 heavy (non-hydrogen) atoms. The van der Waals surface area contributed by atoms with Gasteiger partial charge in [0.25, 0.3) is 0 Å². The Morgan fingerprint density at radius 1 is 1.35 bits per heavy atom. The van der Waals surface area contributed by atoms with Crippen LogP contribution in [0, 0.1) is 0 Å². The lowest BCUT2D eigenvalue weighted by atomic mass is 9.96. The summed E-state index contributed by atoms with van der Waals surface area (Å²) in [4.78, 5) is 13.7. The molecule has 0 aliphatic carbocycles. The smallest absolute Gasteiger partial charge is 0.220 e. The quantitative estimate of drug-likeness (QED) is 0.689. The van der Waals surface area contributed by atoms with Crippen LogP contribution >= 0.6 is 11.3 Å². The van der Waals surface area contributed by atoms with Gasteiger partial charge >= 0.3 is 0 Å². The molecule has 1 aliphatic rings. The minimum Gasteiger partial charge on any atom is -0.493 e. The van der Waals surface area contributed by atoms with Crippen molar-refractivity contribution in [2.75, 3.05) is 6.61 Å². The molecule has 0 saturated carbocycles. The first-order valence-corrected chi connectivity index (χ1v) is 9.75. The Morgan fingerprint density at radius 2 is 2.31 bits per heavy atom. The van der Waals surface area contributed by atoms with Gasteiger partial charge in [-0.15, -0.1) is 11.3 Å². The SMILES string of the molecule is O=C(CCCc1cccs1)NC1CCOc2ccc(-c3cn[nH]c3)cc21. The summed E-state index contributed by atoms with van der Waals surface area (Å²) in [5.74, 6) is 0.959. The molecule has 1 unspecified atom stereocenters. The summed E-state index contributed by atoms with van der Waals surface area (Å²) >= 11 is 1.75. The fourth-order valence-electron chi connectivity index (χ4n) is 3.28. The molecule has 2 aromatic heterocycles. The third-order valence-electron chi connectivity index (χ3n) is 4.62. The van der Waals surface area contributed by atoms with E-state index in [1.807, 2.05) is 18.3 Å². The topological polar surface area (TPSA) is 67.0 Å². The molecule has 0 bridgehead atoms. The average molecular weight is 367 g/mol. The molecule has 134 valence electrons. The van der Waals surface area contributed by atoms with Gasteiger partial charge in [-0.3, -0.25) is 9.89 Å². The van der Waals surface area contributed by atoms with Crippen LogP contribution in [0.5, 0.6) is 5.75 Å². The molecule has 4 rings (SSSR count). The van der Waals surface area contributed by atoms with Gasteiger partial charge in [-0.25, -0.2) is 0 Å². The molecule has 3 aromatic rings. The van der Waals surface area contributed by atoms with Crippen LogP contribution in [-0.2, 0) is 11.2 Å².